The minimum atomic E-state index is -0.193. The maximum absolute atomic E-state index is 12.2. The van der Waals surface area contributed by atoms with Crippen molar-refractivity contribution in [2.75, 3.05) is 19.7 Å². The van der Waals surface area contributed by atoms with Crippen LogP contribution in [0, 0.1) is 11.3 Å². The molecule has 25 heavy (non-hydrogen) atoms. The van der Waals surface area contributed by atoms with Crippen molar-refractivity contribution in [3.05, 3.63) is 54.0 Å². The average Bonchev–Trinajstić information content (AvgIpc) is 3.12. The Morgan fingerprint density at radius 3 is 2.88 bits per heavy atom. The predicted octanol–water partition coefficient (Wildman–Crippen LogP) is 1.54. The summed E-state index contributed by atoms with van der Waals surface area (Å²) >= 11 is 0. The van der Waals surface area contributed by atoms with Crippen LogP contribution in [0.15, 0.2) is 42.7 Å². The van der Waals surface area contributed by atoms with Crippen molar-refractivity contribution in [3.8, 4) is 11.9 Å². The lowest BCUT2D eigenvalue weighted by Gasteiger charge is -2.17. The Kier molecular flexibility index (Phi) is 5.54. The molecule has 0 aliphatic carbocycles. The zero-order chi connectivity index (χ0) is 17.5. The molecule has 0 N–H and O–H groups in total. The molecule has 1 atom stereocenters. The van der Waals surface area contributed by atoms with E-state index in [1.54, 1.807) is 4.90 Å². The molecule has 1 saturated heterocycles. The van der Waals surface area contributed by atoms with Gasteiger partial charge in [-0.05, 0) is 5.56 Å². The van der Waals surface area contributed by atoms with Gasteiger partial charge in [-0.15, -0.1) is 0 Å². The monoisotopic (exact) mass is 338 g/mol. The number of carbonyl (C=O) groups excluding carboxylic acids is 1. The third kappa shape index (κ3) is 4.52. The molecule has 1 fully saturated rings. The zero-order valence-corrected chi connectivity index (χ0v) is 13.7. The number of amides is 1. The second-order valence-electron chi connectivity index (χ2n) is 5.67. The van der Waals surface area contributed by atoms with E-state index in [2.05, 4.69) is 9.97 Å². The SMILES string of the molecule is N#Cc1nccnc1O[C@@H]1CCN(C(=O)COCc2ccccc2)C1. The summed E-state index contributed by atoms with van der Waals surface area (Å²) in [4.78, 5) is 21.9. The van der Waals surface area contributed by atoms with E-state index >= 15 is 0 Å². The highest BCUT2D eigenvalue weighted by atomic mass is 16.5. The van der Waals surface area contributed by atoms with Gasteiger partial charge < -0.3 is 14.4 Å². The summed E-state index contributed by atoms with van der Waals surface area (Å²) in [5.41, 5.74) is 1.18. The highest BCUT2D eigenvalue weighted by Gasteiger charge is 2.28. The van der Waals surface area contributed by atoms with Crippen LogP contribution in [0.2, 0.25) is 0 Å². The first kappa shape index (κ1) is 16.9. The van der Waals surface area contributed by atoms with Crippen LogP contribution in [0.5, 0.6) is 5.88 Å². The Bertz CT molecular complexity index is 760. The van der Waals surface area contributed by atoms with Crippen LogP contribution in [0.3, 0.4) is 0 Å². The number of nitriles is 1. The van der Waals surface area contributed by atoms with Crippen molar-refractivity contribution in [1.29, 1.82) is 5.26 Å². The molecule has 0 spiro atoms. The topological polar surface area (TPSA) is 88.3 Å². The summed E-state index contributed by atoms with van der Waals surface area (Å²) in [7, 11) is 0. The lowest BCUT2D eigenvalue weighted by molar-refractivity contribution is -0.135. The van der Waals surface area contributed by atoms with E-state index in [9.17, 15) is 4.79 Å². The van der Waals surface area contributed by atoms with Crippen LogP contribution in [-0.2, 0) is 16.1 Å². The van der Waals surface area contributed by atoms with Gasteiger partial charge in [0.15, 0.2) is 0 Å². The molecule has 0 bridgehead atoms. The van der Waals surface area contributed by atoms with Gasteiger partial charge in [-0.1, -0.05) is 30.3 Å². The maximum atomic E-state index is 12.2. The molecule has 128 valence electrons. The smallest absolute Gasteiger partial charge is 0.251 e. The van der Waals surface area contributed by atoms with Crippen LogP contribution in [-0.4, -0.2) is 46.6 Å². The molecule has 7 heteroatoms. The standard InChI is InChI=1S/C18H18N4O3/c19-10-16-18(21-8-7-20-16)25-15-6-9-22(11-15)17(23)13-24-12-14-4-2-1-3-5-14/h1-5,7-8,15H,6,9,11-13H2/t15-/m1/s1. The van der Waals surface area contributed by atoms with Crippen LogP contribution >= 0.6 is 0 Å². The van der Waals surface area contributed by atoms with Crippen LogP contribution in [0.25, 0.3) is 0 Å². The fraction of sp³-hybridized carbons (Fsp3) is 0.333. The first-order valence-electron chi connectivity index (χ1n) is 8.03. The summed E-state index contributed by atoms with van der Waals surface area (Å²) in [5, 5.41) is 9.01. The second kappa shape index (κ2) is 8.22. The van der Waals surface area contributed by atoms with E-state index in [1.165, 1.54) is 12.4 Å². The van der Waals surface area contributed by atoms with Crippen molar-refractivity contribution >= 4 is 5.91 Å². The van der Waals surface area contributed by atoms with E-state index in [-0.39, 0.29) is 30.2 Å². The maximum Gasteiger partial charge on any atom is 0.251 e. The van der Waals surface area contributed by atoms with Gasteiger partial charge in [-0.25, -0.2) is 9.97 Å². The zero-order valence-electron chi connectivity index (χ0n) is 13.7. The van der Waals surface area contributed by atoms with Gasteiger partial charge in [-0.3, -0.25) is 4.79 Å². The number of rotatable bonds is 6. The van der Waals surface area contributed by atoms with Gasteiger partial charge in [-0.2, -0.15) is 5.26 Å². The normalized spacial score (nSPS) is 16.4. The molecule has 2 aromatic rings. The summed E-state index contributed by atoms with van der Waals surface area (Å²) in [6.45, 7) is 1.50. The van der Waals surface area contributed by atoms with Crippen LogP contribution < -0.4 is 4.74 Å². The summed E-state index contributed by atoms with van der Waals surface area (Å²) in [5.74, 6) is 0.145. The van der Waals surface area contributed by atoms with Crippen molar-refractivity contribution in [2.45, 2.75) is 19.1 Å². The molecule has 2 heterocycles. The molecule has 1 aromatic carbocycles. The second-order valence-corrected chi connectivity index (χ2v) is 5.67. The molecule has 3 rings (SSSR count). The first-order valence-corrected chi connectivity index (χ1v) is 8.03. The van der Waals surface area contributed by atoms with Gasteiger partial charge >= 0.3 is 0 Å². The number of likely N-dealkylation sites (tertiary alicyclic amines) is 1. The number of hydrogen-bond donors (Lipinski definition) is 0. The quantitative estimate of drug-likeness (QED) is 0.794. The van der Waals surface area contributed by atoms with Crippen molar-refractivity contribution < 1.29 is 14.3 Å². The highest BCUT2D eigenvalue weighted by Crippen LogP contribution is 2.18. The van der Waals surface area contributed by atoms with Gasteiger partial charge in [0.25, 0.3) is 5.88 Å². The fourth-order valence-electron chi connectivity index (χ4n) is 2.62. The largest absolute Gasteiger partial charge is 0.470 e. The van der Waals surface area contributed by atoms with Gasteiger partial charge in [0.1, 0.15) is 18.8 Å². The molecule has 1 aliphatic rings. The highest BCUT2D eigenvalue weighted by molar-refractivity contribution is 5.77. The molecular formula is C18H18N4O3. The number of nitrogens with zero attached hydrogens (tertiary/aromatic N) is 4. The first-order chi connectivity index (χ1) is 12.3. The molecule has 7 nitrogen and oxygen atoms in total. The van der Waals surface area contributed by atoms with E-state index in [1.807, 2.05) is 36.4 Å². The van der Waals surface area contributed by atoms with Gasteiger partial charge in [0.2, 0.25) is 11.6 Å². The van der Waals surface area contributed by atoms with Crippen LogP contribution in [0.1, 0.15) is 17.7 Å². The number of aromatic nitrogens is 2. The summed E-state index contributed by atoms with van der Waals surface area (Å²) in [6, 6.07) is 11.7. The van der Waals surface area contributed by atoms with E-state index in [0.717, 1.165) is 5.56 Å². The average molecular weight is 338 g/mol. The molecule has 1 aliphatic heterocycles. The Hall–Kier alpha value is -2.98. The Labute approximate surface area is 145 Å². The summed E-state index contributed by atoms with van der Waals surface area (Å²) < 4.78 is 11.2. The minimum absolute atomic E-state index is 0.0379. The predicted molar refractivity (Wildman–Crippen MR) is 88.5 cm³/mol. The molecule has 0 radical (unpaired) electrons. The van der Waals surface area contributed by atoms with E-state index in [4.69, 9.17) is 14.7 Å². The Morgan fingerprint density at radius 1 is 1.28 bits per heavy atom. The Balaban J connectivity index is 1.46. The third-order valence-corrected chi connectivity index (χ3v) is 3.88. The number of carbonyl (C=O) groups is 1. The third-order valence-electron chi connectivity index (χ3n) is 3.88. The molecule has 0 saturated carbocycles. The summed E-state index contributed by atoms with van der Waals surface area (Å²) in [6.07, 6.45) is 3.42. The van der Waals surface area contributed by atoms with Crippen LogP contribution in [0.4, 0.5) is 0 Å². The minimum Gasteiger partial charge on any atom is -0.470 e. The molecular weight excluding hydrogens is 320 g/mol. The van der Waals surface area contributed by atoms with Crippen molar-refractivity contribution in [3.63, 3.8) is 0 Å². The van der Waals surface area contributed by atoms with Gasteiger partial charge in [0.05, 0.1) is 13.2 Å². The molecule has 1 aromatic heterocycles. The Morgan fingerprint density at radius 2 is 2.08 bits per heavy atom. The molecule has 1 amide bonds. The lowest BCUT2D eigenvalue weighted by atomic mass is 10.2. The fourth-order valence-corrected chi connectivity index (χ4v) is 2.62. The number of hydrogen-bond acceptors (Lipinski definition) is 6. The van der Waals surface area contributed by atoms with Gasteiger partial charge in [0, 0.05) is 25.4 Å². The van der Waals surface area contributed by atoms with Crippen molar-refractivity contribution in [1.82, 2.24) is 14.9 Å². The van der Waals surface area contributed by atoms with E-state index in [0.29, 0.717) is 26.1 Å². The van der Waals surface area contributed by atoms with E-state index < -0.39 is 0 Å². The van der Waals surface area contributed by atoms with Crippen molar-refractivity contribution in [2.24, 2.45) is 0 Å². The molecule has 0 unspecified atom stereocenters. The number of benzene rings is 1. The lowest BCUT2D eigenvalue weighted by Crippen LogP contribution is -2.33. The number of ether oxygens (including phenoxy) is 2.